The maximum atomic E-state index is 12.9. The van der Waals surface area contributed by atoms with Crippen LogP contribution in [0, 0.1) is 0 Å². The van der Waals surface area contributed by atoms with Gasteiger partial charge in [0.15, 0.2) is 0 Å². The molecule has 2 aromatic heterocycles. The summed E-state index contributed by atoms with van der Waals surface area (Å²) in [5.74, 6) is -0.171. The van der Waals surface area contributed by atoms with E-state index in [1.54, 1.807) is 12.4 Å². The number of rotatable bonds is 3. The first-order valence-corrected chi connectivity index (χ1v) is 11.7. The molecule has 1 aliphatic carbocycles. The van der Waals surface area contributed by atoms with Gasteiger partial charge >= 0.3 is 5.97 Å². The molecular formula is C28H27N3O3. The molecule has 1 aromatic carbocycles. The molecule has 1 fully saturated rings. The van der Waals surface area contributed by atoms with Gasteiger partial charge in [-0.15, -0.1) is 0 Å². The lowest BCUT2D eigenvalue weighted by atomic mass is 9.88. The number of hydrogen-bond donors (Lipinski definition) is 0. The van der Waals surface area contributed by atoms with Crippen LogP contribution in [-0.2, 0) is 28.8 Å². The fraction of sp³-hybridized carbons (Fsp3) is 0.286. The predicted molar refractivity (Wildman–Crippen MR) is 129 cm³/mol. The number of piperidine rings is 1. The minimum absolute atomic E-state index is 0.151. The first kappa shape index (κ1) is 22.0. The summed E-state index contributed by atoms with van der Waals surface area (Å²) in [6.07, 6.45) is 9.03. The Morgan fingerprint density at radius 3 is 2.47 bits per heavy atom. The van der Waals surface area contributed by atoms with Crippen LogP contribution in [0.1, 0.15) is 51.1 Å². The zero-order valence-electron chi connectivity index (χ0n) is 19.3. The molecule has 3 aromatic rings. The molecule has 2 aliphatic rings. The Labute approximate surface area is 199 Å². The van der Waals surface area contributed by atoms with E-state index in [1.165, 1.54) is 23.8 Å². The summed E-state index contributed by atoms with van der Waals surface area (Å²) in [4.78, 5) is 35.8. The number of fused-ring (bicyclic) bond motifs is 2. The van der Waals surface area contributed by atoms with Crippen molar-refractivity contribution in [2.45, 2.75) is 32.1 Å². The lowest BCUT2D eigenvalue weighted by Gasteiger charge is -2.30. The van der Waals surface area contributed by atoms with Gasteiger partial charge < -0.3 is 9.64 Å². The topological polar surface area (TPSA) is 72.4 Å². The van der Waals surface area contributed by atoms with Crippen LogP contribution in [0.2, 0.25) is 0 Å². The number of methoxy groups -OCH3 is 1. The third-order valence-electron chi connectivity index (χ3n) is 6.77. The number of carbonyl (C=O) groups excluding carboxylic acids is 2. The average Bonchev–Trinajstić information content (AvgIpc) is 3.05. The predicted octanol–water partition coefficient (Wildman–Crippen LogP) is 4.03. The number of likely N-dealkylation sites (tertiary alicyclic amines) is 1. The van der Waals surface area contributed by atoms with Gasteiger partial charge in [-0.2, -0.15) is 0 Å². The SMILES string of the molecule is COC(=O)c1ccc2c(c1)CCc1cccnc1C2=C1CCN(C(=O)Cc2ccncc2)CC1. The number of nitrogens with zero attached hydrogens (tertiary/aromatic N) is 3. The average molecular weight is 454 g/mol. The largest absolute Gasteiger partial charge is 0.465 e. The van der Waals surface area contributed by atoms with Crippen LogP contribution in [0.5, 0.6) is 0 Å². The van der Waals surface area contributed by atoms with Gasteiger partial charge in [0.25, 0.3) is 0 Å². The monoisotopic (exact) mass is 453 g/mol. The van der Waals surface area contributed by atoms with Crippen LogP contribution < -0.4 is 0 Å². The zero-order chi connectivity index (χ0) is 23.5. The van der Waals surface area contributed by atoms with E-state index in [-0.39, 0.29) is 11.9 Å². The van der Waals surface area contributed by atoms with Crippen molar-refractivity contribution in [2.75, 3.05) is 20.2 Å². The molecular weight excluding hydrogens is 426 g/mol. The van der Waals surface area contributed by atoms with Gasteiger partial charge in [-0.05, 0) is 78.3 Å². The second-order valence-corrected chi connectivity index (χ2v) is 8.77. The van der Waals surface area contributed by atoms with E-state index >= 15 is 0 Å². The summed E-state index contributed by atoms with van der Waals surface area (Å²) in [5.41, 5.74) is 8.57. The second-order valence-electron chi connectivity index (χ2n) is 8.77. The van der Waals surface area contributed by atoms with Crippen LogP contribution in [0.4, 0.5) is 0 Å². The lowest BCUT2D eigenvalue weighted by molar-refractivity contribution is -0.130. The summed E-state index contributed by atoms with van der Waals surface area (Å²) in [5, 5.41) is 0. The van der Waals surface area contributed by atoms with Gasteiger partial charge in [-0.25, -0.2) is 4.79 Å². The zero-order valence-corrected chi connectivity index (χ0v) is 19.3. The minimum Gasteiger partial charge on any atom is -0.465 e. The van der Waals surface area contributed by atoms with Crippen LogP contribution in [-0.4, -0.2) is 46.9 Å². The van der Waals surface area contributed by atoms with Crippen molar-refractivity contribution in [3.63, 3.8) is 0 Å². The Hall–Kier alpha value is -3.80. The highest BCUT2D eigenvalue weighted by Gasteiger charge is 2.27. The van der Waals surface area contributed by atoms with E-state index in [0.29, 0.717) is 25.1 Å². The van der Waals surface area contributed by atoms with Crippen molar-refractivity contribution in [2.24, 2.45) is 0 Å². The quantitative estimate of drug-likeness (QED) is 0.560. The molecule has 6 heteroatoms. The molecule has 0 saturated carbocycles. The standard InChI is InChI=1S/C28H27N3O3/c1-34-28(33)23-6-7-24-22(18-23)5-4-21-3-2-12-30-27(21)26(24)20-10-15-31(16-11-20)25(32)17-19-8-13-29-14-9-19/h2-3,6-9,12-14,18H,4-5,10-11,15-17H2,1H3. The van der Waals surface area contributed by atoms with Gasteiger partial charge in [-0.3, -0.25) is 14.8 Å². The van der Waals surface area contributed by atoms with E-state index in [4.69, 9.17) is 9.72 Å². The number of amides is 1. The highest BCUT2D eigenvalue weighted by Crippen LogP contribution is 2.38. The summed E-state index contributed by atoms with van der Waals surface area (Å²) < 4.78 is 4.94. The highest BCUT2D eigenvalue weighted by molar-refractivity contribution is 5.92. The van der Waals surface area contributed by atoms with Crippen LogP contribution in [0.3, 0.4) is 0 Å². The molecule has 1 amide bonds. The van der Waals surface area contributed by atoms with E-state index in [1.807, 2.05) is 47.5 Å². The molecule has 1 saturated heterocycles. The summed E-state index contributed by atoms with van der Waals surface area (Å²) in [7, 11) is 1.41. The second kappa shape index (κ2) is 9.59. The van der Waals surface area contributed by atoms with Gasteiger partial charge in [0.05, 0.1) is 24.8 Å². The molecule has 0 spiro atoms. The molecule has 3 heterocycles. The van der Waals surface area contributed by atoms with E-state index in [9.17, 15) is 9.59 Å². The number of esters is 1. The molecule has 0 radical (unpaired) electrons. The maximum absolute atomic E-state index is 12.9. The van der Waals surface area contributed by atoms with Crippen molar-refractivity contribution in [1.82, 2.24) is 14.9 Å². The first-order valence-electron chi connectivity index (χ1n) is 11.7. The molecule has 0 unspecified atom stereocenters. The number of hydrogen-bond acceptors (Lipinski definition) is 5. The molecule has 0 N–H and O–H groups in total. The molecule has 172 valence electrons. The summed E-state index contributed by atoms with van der Waals surface area (Å²) in [6, 6.07) is 13.7. The number of pyridine rings is 2. The van der Waals surface area contributed by atoms with Crippen molar-refractivity contribution < 1.29 is 14.3 Å². The van der Waals surface area contributed by atoms with E-state index < -0.39 is 0 Å². The summed E-state index contributed by atoms with van der Waals surface area (Å²) >= 11 is 0. The lowest BCUT2D eigenvalue weighted by Crippen LogP contribution is -2.37. The van der Waals surface area contributed by atoms with Gasteiger partial charge in [0.2, 0.25) is 5.91 Å². The molecule has 34 heavy (non-hydrogen) atoms. The Morgan fingerprint density at radius 2 is 1.71 bits per heavy atom. The molecule has 1 aliphatic heterocycles. The van der Waals surface area contributed by atoms with E-state index in [0.717, 1.165) is 48.1 Å². The van der Waals surface area contributed by atoms with Gasteiger partial charge in [0, 0.05) is 37.3 Å². The van der Waals surface area contributed by atoms with Crippen molar-refractivity contribution in [1.29, 1.82) is 0 Å². The Kier molecular flexibility index (Phi) is 6.21. The fourth-order valence-corrected chi connectivity index (χ4v) is 4.97. The van der Waals surface area contributed by atoms with Gasteiger partial charge in [0.1, 0.15) is 0 Å². The Morgan fingerprint density at radius 1 is 0.941 bits per heavy atom. The minimum atomic E-state index is -0.321. The van der Waals surface area contributed by atoms with Crippen molar-refractivity contribution in [3.8, 4) is 0 Å². The van der Waals surface area contributed by atoms with Crippen molar-refractivity contribution >= 4 is 17.4 Å². The Bertz CT molecular complexity index is 1260. The molecule has 0 bridgehead atoms. The molecule has 5 rings (SSSR count). The number of carbonyl (C=O) groups is 2. The third-order valence-corrected chi connectivity index (χ3v) is 6.77. The maximum Gasteiger partial charge on any atom is 0.337 e. The number of benzene rings is 1. The van der Waals surface area contributed by atoms with Gasteiger partial charge in [-0.1, -0.05) is 17.7 Å². The number of ether oxygens (including phenoxy) is 1. The molecule has 0 atom stereocenters. The van der Waals surface area contributed by atoms with E-state index in [2.05, 4.69) is 11.1 Å². The van der Waals surface area contributed by atoms with Crippen LogP contribution in [0.15, 0.2) is 66.6 Å². The fourth-order valence-electron chi connectivity index (χ4n) is 4.97. The number of aryl methyl sites for hydroxylation is 2. The Balaban J connectivity index is 1.46. The van der Waals surface area contributed by atoms with Crippen LogP contribution >= 0.6 is 0 Å². The highest BCUT2D eigenvalue weighted by atomic mass is 16.5. The first-order chi connectivity index (χ1) is 16.6. The van der Waals surface area contributed by atoms with Crippen molar-refractivity contribution in [3.05, 3.63) is 100 Å². The molecule has 6 nitrogen and oxygen atoms in total. The van der Waals surface area contributed by atoms with Crippen LogP contribution in [0.25, 0.3) is 5.57 Å². The normalized spacial score (nSPS) is 15.3. The third kappa shape index (κ3) is 4.36. The summed E-state index contributed by atoms with van der Waals surface area (Å²) in [6.45, 7) is 1.39. The number of aromatic nitrogens is 2. The smallest absolute Gasteiger partial charge is 0.337 e.